The molecule has 0 fully saturated rings. The van der Waals surface area contributed by atoms with Crippen molar-refractivity contribution in [3.63, 3.8) is 0 Å². The molecule has 1 aliphatic heterocycles. The highest BCUT2D eigenvalue weighted by atomic mass is 16.5. The second kappa shape index (κ2) is 4.08. The zero-order valence-electron chi connectivity index (χ0n) is 12.8. The van der Waals surface area contributed by atoms with E-state index in [1.807, 2.05) is 12.1 Å². The number of rotatable bonds is 0. The second-order valence-corrected chi connectivity index (χ2v) is 5.99. The second-order valence-electron chi connectivity index (χ2n) is 5.99. The van der Waals surface area contributed by atoms with E-state index in [0.717, 1.165) is 11.5 Å². The van der Waals surface area contributed by atoms with E-state index in [-0.39, 0.29) is 0 Å². The minimum Gasteiger partial charge on any atom is -0.450 e. The predicted molar refractivity (Wildman–Crippen MR) is 84.8 cm³/mol. The van der Waals surface area contributed by atoms with E-state index in [1.54, 1.807) is 0 Å². The van der Waals surface area contributed by atoms with Crippen LogP contribution in [-0.2, 0) is 7.05 Å². The Morgan fingerprint density at radius 1 is 1.00 bits per heavy atom. The minimum absolute atomic E-state index is 0.938. The summed E-state index contributed by atoms with van der Waals surface area (Å²) >= 11 is 0. The van der Waals surface area contributed by atoms with Crippen LogP contribution in [0.15, 0.2) is 36.5 Å². The topological polar surface area (TPSA) is 13.1 Å². The molecule has 0 aliphatic carbocycles. The fourth-order valence-corrected chi connectivity index (χ4v) is 3.35. The first-order chi connectivity index (χ1) is 10.1. The first-order valence-corrected chi connectivity index (χ1v) is 7.27. The molecule has 2 nitrogen and oxygen atoms in total. The Bertz CT molecular complexity index is 909. The number of pyridine rings is 1. The molecule has 0 atom stereocenters. The molecule has 0 radical (unpaired) electrons. The van der Waals surface area contributed by atoms with Crippen LogP contribution in [0.4, 0.5) is 0 Å². The number of hydrogen-bond acceptors (Lipinski definition) is 1. The summed E-state index contributed by atoms with van der Waals surface area (Å²) in [7, 11) is 2.08. The van der Waals surface area contributed by atoms with Gasteiger partial charge in [0, 0.05) is 11.5 Å². The van der Waals surface area contributed by atoms with Gasteiger partial charge < -0.3 is 4.74 Å². The van der Waals surface area contributed by atoms with Crippen LogP contribution in [0.2, 0.25) is 0 Å². The minimum atomic E-state index is 0.938. The average Bonchev–Trinajstić information content (AvgIpc) is 2.43. The van der Waals surface area contributed by atoms with Crippen LogP contribution in [0.5, 0.6) is 11.5 Å². The van der Waals surface area contributed by atoms with Gasteiger partial charge in [-0.2, -0.15) is 4.57 Å². The third-order valence-electron chi connectivity index (χ3n) is 4.47. The summed E-state index contributed by atoms with van der Waals surface area (Å²) in [5, 5.41) is 2.50. The zero-order valence-corrected chi connectivity index (χ0v) is 12.8. The third-order valence-corrected chi connectivity index (χ3v) is 4.47. The van der Waals surface area contributed by atoms with Gasteiger partial charge in [-0.05, 0) is 55.0 Å². The highest BCUT2D eigenvalue weighted by molar-refractivity contribution is 6.04. The van der Waals surface area contributed by atoms with E-state index >= 15 is 0 Å². The SMILES string of the molecule is Cc1cc2c3c(c(C)c(C)cc3c1)-c1c(ccc[n+]1C)O2. The molecule has 2 heterocycles. The summed E-state index contributed by atoms with van der Waals surface area (Å²) in [5.74, 6) is 1.91. The van der Waals surface area contributed by atoms with Crippen molar-refractivity contribution < 1.29 is 9.30 Å². The molecule has 21 heavy (non-hydrogen) atoms. The number of aromatic nitrogens is 1. The number of ether oxygens (including phenoxy) is 1. The Balaban J connectivity index is 2.27. The summed E-state index contributed by atoms with van der Waals surface area (Å²) in [6.07, 6.45) is 2.08. The van der Waals surface area contributed by atoms with Gasteiger partial charge in [0.25, 0.3) is 5.69 Å². The maximum atomic E-state index is 6.19. The lowest BCUT2D eigenvalue weighted by Gasteiger charge is -2.22. The van der Waals surface area contributed by atoms with Crippen LogP contribution in [0, 0.1) is 20.8 Å². The predicted octanol–water partition coefficient (Wildman–Crippen LogP) is 4.36. The van der Waals surface area contributed by atoms with Gasteiger partial charge in [0.15, 0.2) is 11.9 Å². The zero-order chi connectivity index (χ0) is 14.7. The summed E-state index contributed by atoms with van der Waals surface area (Å²) in [6, 6.07) is 10.7. The molecule has 0 amide bonds. The summed E-state index contributed by atoms with van der Waals surface area (Å²) in [5.41, 5.74) is 6.37. The maximum Gasteiger partial charge on any atom is 0.256 e. The Labute approximate surface area is 124 Å². The van der Waals surface area contributed by atoms with Gasteiger partial charge in [-0.15, -0.1) is 0 Å². The van der Waals surface area contributed by atoms with Crippen molar-refractivity contribution in [2.45, 2.75) is 20.8 Å². The Hall–Kier alpha value is -2.35. The fraction of sp³-hybridized carbons (Fsp3) is 0.211. The van der Waals surface area contributed by atoms with Crippen molar-refractivity contribution in [2.75, 3.05) is 0 Å². The molecule has 0 saturated heterocycles. The van der Waals surface area contributed by atoms with Crippen molar-refractivity contribution in [3.05, 3.63) is 53.2 Å². The largest absolute Gasteiger partial charge is 0.450 e. The van der Waals surface area contributed by atoms with E-state index in [9.17, 15) is 0 Å². The number of fused-ring (bicyclic) bond motifs is 2. The van der Waals surface area contributed by atoms with Gasteiger partial charge in [0.1, 0.15) is 12.8 Å². The molecule has 2 heteroatoms. The Morgan fingerprint density at radius 2 is 1.81 bits per heavy atom. The normalized spacial score (nSPS) is 12.2. The third kappa shape index (κ3) is 1.62. The first-order valence-electron chi connectivity index (χ1n) is 7.27. The summed E-state index contributed by atoms with van der Waals surface area (Å²) in [6.45, 7) is 6.51. The van der Waals surface area contributed by atoms with Crippen LogP contribution in [0.3, 0.4) is 0 Å². The molecule has 3 aromatic rings. The lowest BCUT2D eigenvalue weighted by Crippen LogP contribution is -2.31. The van der Waals surface area contributed by atoms with E-state index in [4.69, 9.17) is 4.74 Å². The maximum absolute atomic E-state index is 6.19. The van der Waals surface area contributed by atoms with Crippen molar-refractivity contribution in [3.8, 4) is 22.8 Å². The molecular formula is C19H18NO+. The van der Waals surface area contributed by atoms with Gasteiger partial charge in [-0.25, -0.2) is 0 Å². The molecule has 0 bridgehead atoms. The van der Waals surface area contributed by atoms with Crippen molar-refractivity contribution in [2.24, 2.45) is 7.05 Å². The number of hydrogen-bond donors (Lipinski definition) is 0. The monoisotopic (exact) mass is 276 g/mol. The number of aryl methyl sites for hydroxylation is 3. The molecule has 0 unspecified atom stereocenters. The van der Waals surface area contributed by atoms with E-state index < -0.39 is 0 Å². The molecule has 2 aromatic carbocycles. The molecule has 0 N–H and O–H groups in total. The van der Waals surface area contributed by atoms with Gasteiger partial charge in [0.2, 0.25) is 0 Å². The van der Waals surface area contributed by atoms with Crippen LogP contribution >= 0.6 is 0 Å². The molecule has 1 aromatic heterocycles. The highest BCUT2D eigenvalue weighted by Gasteiger charge is 2.29. The highest BCUT2D eigenvalue weighted by Crippen LogP contribution is 2.47. The van der Waals surface area contributed by atoms with Crippen molar-refractivity contribution in [1.29, 1.82) is 0 Å². The summed E-state index contributed by atoms with van der Waals surface area (Å²) in [4.78, 5) is 0. The van der Waals surface area contributed by atoms with Crippen LogP contribution in [0.25, 0.3) is 22.0 Å². The van der Waals surface area contributed by atoms with Crippen LogP contribution < -0.4 is 9.30 Å². The smallest absolute Gasteiger partial charge is 0.256 e. The molecule has 0 spiro atoms. The van der Waals surface area contributed by atoms with Crippen LogP contribution in [-0.4, -0.2) is 0 Å². The molecule has 104 valence electrons. The van der Waals surface area contributed by atoms with E-state index in [2.05, 4.69) is 56.8 Å². The molecule has 4 rings (SSSR count). The molecular weight excluding hydrogens is 258 g/mol. The average molecular weight is 276 g/mol. The number of nitrogens with zero attached hydrogens (tertiary/aromatic N) is 1. The lowest BCUT2D eigenvalue weighted by atomic mass is 9.90. The van der Waals surface area contributed by atoms with Crippen molar-refractivity contribution >= 4 is 10.8 Å². The standard InChI is InChI=1S/C19H18NO/c1-11-8-14-10-12(2)13(3)17-18(14)16(9-11)21-15-6-5-7-20(4)19(15)17/h5-10H,1-4H3/q+1. The first kappa shape index (κ1) is 12.4. The molecule has 0 saturated carbocycles. The van der Waals surface area contributed by atoms with Crippen molar-refractivity contribution in [1.82, 2.24) is 0 Å². The van der Waals surface area contributed by atoms with Crippen LogP contribution in [0.1, 0.15) is 16.7 Å². The van der Waals surface area contributed by atoms with Gasteiger partial charge in [0.05, 0.1) is 5.56 Å². The Morgan fingerprint density at radius 3 is 2.62 bits per heavy atom. The molecule has 1 aliphatic rings. The fourth-order valence-electron chi connectivity index (χ4n) is 3.35. The quantitative estimate of drug-likeness (QED) is 0.435. The van der Waals surface area contributed by atoms with Gasteiger partial charge in [-0.3, -0.25) is 0 Å². The van der Waals surface area contributed by atoms with E-state index in [1.165, 1.54) is 38.7 Å². The number of benzene rings is 2. The lowest BCUT2D eigenvalue weighted by molar-refractivity contribution is -0.660. The van der Waals surface area contributed by atoms with Gasteiger partial charge >= 0.3 is 0 Å². The summed E-state index contributed by atoms with van der Waals surface area (Å²) < 4.78 is 8.34. The Kier molecular flexibility index (Phi) is 2.41. The van der Waals surface area contributed by atoms with Gasteiger partial charge in [-0.1, -0.05) is 12.1 Å². The van der Waals surface area contributed by atoms with E-state index in [0.29, 0.717) is 0 Å².